The summed E-state index contributed by atoms with van der Waals surface area (Å²) in [6.07, 6.45) is 3.38. The maximum atomic E-state index is 11.9. The molecule has 0 fully saturated rings. The summed E-state index contributed by atoms with van der Waals surface area (Å²) in [4.78, 5) is 15.8. The molecule has 1 N–H and O–H groups in total. The molecule has 0 unspecified atom stereocenters. The summed E-state index contributed by atoms with van der Waals surface area (Å²) in [5.74, 6) is -0.219. The number of rotatable bonds is 3. The monoisotopic (exact) mass is 280 g/mol. The van der Waals surface area contributed by atoms with Crippen LogP contribution in [-0.4, -0.2) is 10.9 Å². The lowest BCUT2D eigenvalue weighted by atomic mass is 10.2. The van der Waals surface area contributed by atoms with Crippen molar-refractivity contribution in [2.75, 3.05) is 0 Å². The van der Waals surface area contributed by atoms with E-state index in [1.807, 2.05) is 12.1 Å². The molecule has 0 bridgehead atoms. The number of nitrogens with one attached hydrogen (secondary N) is 1. The Morgan fingerprint density at radius 1 is 1.22 bits per heavy atom. The van der Waals surface area contributed by atoms with Crippen molar-refractivity contribution >= 4 is 29.1 Å². The highest BCUT2D eigenvalue weighted by Crippen LogP contribution is 2.18. The van der Waals surface area contributed by atoms with Crippen LogP contribution in [0.5, 0.6) is 0 Å². The number of carbonyl (C=O) groups excluding carboxylic acids is 1. The van der Waals surface area contributed by atoms with Crippen LogP contribution in [0.2, 0.25) is 10.0 Å². The van der Waals surface area contributed by atoms with Gasteiger partial charge >= 0.3 is 0 Å². The summed E-state index contributed by atoms with van der Waals surface area (Å²) in [6.45, 7) is 0.413. The average molecular weight is 281 g/mol. The summed E-state index contributed by atoms with van der Waals surface area (Å²) < 4.78 is 0. The van der Waals surface area contributed by atoms with Gasteiger partial charge in [-0.3, -0.25) is 9.78 Å². The van der Waals surface area contributed by atoms with Crippen LogP contribution < -0.4 is 5.32 Å². The van der Waals surface area contributed by atoms with Gasteiger partial charge in [-0.05, 0) is 29.8 Å². The average Bonchev–Trinajstić information content (AvgIpc) is 2.36. The van der Waals surface area contributed by atoms with Crippen molar-refractivity contribution in [1.82, 2.24) is 10.3 Å². The fraction of sp³-hybridized carbons (Fsp3) is 0.0769. The van der Waals surface area contributed by atoms with E-state index in [1.54, 1.807) is 30.6 Å². The maximum absolute atomic E-state index is 11.9. The smallest absolute Gasteiger partial charge is 0.251 e. The van der Waals surface area contributed by atoms with Crippen molar-refractivity contribution < 1.29 is 4.79 Å². The third-order valence-electron chi connectivity index (χ3n) is 2.30. The van der Waals surface area contributed by atoms with Gasteiger partial charge in [-0.25, -0.2) is 0 Å². The first kappa shape index (κ1) is 12.9. The zero-order valence-electron chi connectivity index (χ0n) is 9.36. The number of halogens is 2. The van der Waals surface area contributed by atoms with Crippen molar-refractivity contribution in [2.24, 2.45) is 0 Å². The molecule has 1 aromatic heterocycles. The molecule has 0 saturated heterocycles. The van der Waals surface area contributed by atoms with Crippen LogP contribution in [0.3, 0.4) is 0 Å². The number of nitrogens with zero attached hydrogens (tertiary/aromatic N) is 1. The van der Waals surface area contributed by atoms with E-state index < -0.39 is 0 Å². The third-order valence-corrected chi connectivity index (χ3v) is 2.74. The molecule has 2 rings (SSSR count). The summed E-state index contributed by atoms with van der Waals surface area (Å²) in [7, 11) is 0. The molecule has 0 spiro atoms. The molecular formula is C13H10Cl2N2O. The second kappa shape index (κ2) is 5.85. The van der Waals surface area contributed by atoms with Gasteiger partial charge in [-0.2, -0.15) is 0 Å². The molecule has 0 atom stereocenters. The molecule has 0 aliphatic heterocycles. The summed E-state index contributed by atoms with van der Waals surface area (Å²) in [5.41, 5.74) is 1.37. The highest BCUT2D eigenvalue weighted by Gasteiger charge is 2.07. The largest absolute Gasteiger partial charge is 0.348 e. The van der Waals surface area contributed by atoms with Gasteiger partial charge in [0.2, 0.25) is 0 Å². The molecule has 2 aromatic rings. The first-order valence-corrected chi connectivity index (χ1v) is 6.04. The molecule has 5 heteroatoms. The van der Waals surface area contributed by atoms with E-state index in [0.29, 0.717) is 22.2 Å². The van der Waals surface area contributed by atoms with Crippen LogP contribution in [0.1, 0.15) is 15.9 Å². The predicted octanol–water partition coefficient (Wildman–Crippen LogP) is 3.32. The van der Waals surface area contributed by atoms with Crippen LogP contribution in [0.25, 0.3) is 0 Å². The zero-order valence-corrected chi connectivity index (χ0v) is 10.9. The highest BCUT2D eigenvalue weighted by molar-refractivity contribution is 6.35. The second-order valence-corrected chi connectivity index (χ2v) is 4.57. The minimum atomic E-state index is -0.219. The van der Waals surface area contributed by atoms with Gasteiger partial charge in [0.05, 0.1) is 0 Å². The third kappa shape index (κ3) is 3.45. The molecule has 92 valence electrons. The Morgan fingerprint density at radius 3 is 2.56 bits per heavy atom. The molecule has 1 amide bonds. The molecule has 1 heterocycles. The minimum Gasteiger partial charge on any atom is -0.348 e. The lowest BCUT2D eigenvalue weighted by Crippen LogP contribution is -2.22. The van der Waals surface area contributed by atoms with Crippen LogP contribution in [-0.2, 0) is 6.54 Å². The van der Waals surface area contributed by atoms with Gasteiger partial charge in [0, 0.05) is 34.5 Å². The molecule has 3 nitrogen and oxygen atoms in total. The standard InChI is InChI=1S/C13H10Cl2N2O/c14-11-4-10(5-12(15)6-11)13(18)17-8-9-2-1-3-16-7-9/h1-7H,8H2,(H,17,18). The van der Waals surface area contributed by atoms with Gasteiger partial charge in [0.1, 0.15) is 0 Å². The van der Waals surface area contributed by atoms with Gasteiger partial charge in [0.15, 0.2) is 0 Å². The van der Waals surface area contributed by atoms with E-state index in [1.165, 1.54) is 0 Å². The van der Waals surface area contributed by atoms with E-state index in [9.17, 15) is 4.79 Å². The van der Waals surface area contributed by atoms with E-state index in [0.717, 1.165) is 5.56 Å². The Labute approximate surface area is 115 Å². The van der Waals surface area contributed by atoms with Crippen molar-refractivity contribution in [1.29, 1.82) is 0 Å². The molecule has 0 radical (unpaired) electrons. The maximum Gasteiger partial charge on any atom is 0.251 e. The van der Waals surface area contributed by atoms with Crippen molar-refractivity contribution in [2.45, 2.75) is 6.54 Å². The Kier molecular flexibility index (Phi) is 4.18. The van der Waals surface area contributed by atoms with Crippen LogP contribution >= 0.6 is 23.2 Å². The molecule has 0 aliphatic rings. The van der Waals surface area contributed by atoms with E-state index in [2.05, 4.69) is 10.3 Å². The Balaban J connectivity index is 2.04. The van der Waals surface area contributed by atoms with Gasteiger partial charge < -0.3 is 5.32 Å². The molecular weight excluding hydrogens is 271 g/mol. The number of amides is 1. The first-order valence-electron chi connectivity index (χ1n) is 5.28. The molecule has 1 aromatic carbocycles. The van der Waals surface area contributed by atoms with Gasteiger partial charge in [-0.15, -0.1) is 0 Å². The van der Waals surface area contributed by atoms with Gasteiger partial charge in [-0.1, -0.05) is 29.3 Å². The number of carbonyl (C=O) groups is 1. The lowest BCUT2D eigenvalue weighted by molar-refractivity contribution is 0.0951. The molecule has 18 heavy (non-hydrogen) atoms. The second-order valence-electron chi connectivity index (χ2n) is 3.70. The number of hydrogen-bond acceptors (Lipinski definition) is 2. The van der Waals surface area contributed by atoms with Crippen LogP contribution in [0.4, 0.5) is 0 Å². The summed E-state index contributed by atoms with van der Waals surface area (Å²) in [5, 5.41) is 3.65. The number of aromatic nitrogens is 1. The molecule has 0 aliphatic carbocycles. The first-order chi connectivity index (χ1) is 8.65. The summed E-state index contributed by atoms with van der Waals surface area (Å²) in [6, 6.07) is 8.44. The van der Waals surface area contributed by atoms with Crippen molar-refractivity contribution in [3.63, 3.8) is 0 Å². The number of benzene rings is 1. The van der Waals surface area contributed by atoms with Crippen LogP contribution in [0, 0.1) is 0 Å². The minimum absolute atomic E-state index is 0.219. The molecule has 0 saturated carbocycles. The van der Waals surface area contributed by atoms with Crippen molar-refractivity contribution in [3.8, 4) is 0 Å². The normalized spacial score (nSPS) is 10.1. The fourth-order valence-corrected chi connectivity index (χ4v) is 2.00. The number of hydrogen-bond donors (Lipinski definition) is 1. The highest BCUT2D eigenvalue weighted by atomic mass is 35.5. The Morgan fingerprint density at radius 2 is 1.94 bits per heavy atom. The van der Waals surface area contributed by atoms with Gasteiger partial charge in [0.25, 0.3) is 5.91 Å². The zero-order chi connectivity index (χ0) is 13.0. The topological polar surface area (TPSA) is 42.0 Å². The van der Waals surface area contributed by atoms with E-state index in [4.69, 9.17) is 23.2 Å². The SMILES string of the molecule is O=C(NCc1cccnc1)c1cc(Cl)cc(Cl)c1. The fourth-order valence-electron chi connectivity index (χ4n) is 1.47. The Hall–Kier alpha value is -1.58. The van der Waals surface area contributed by atoms with Crippen molar-refractivity contribution in [3.05, 3.63) is 63.9 Å². The van der Waals surface area contributed by atoms with E-state index >= 15 is 0 Å². The quantitative estimate of drug-likeness (QED) is 0.937. The Bertz CT molecular complexity index is 538. The van der Waals surface area contributed by atoms with Crippen LogP contribution in [0.15, 0.2) is 42.7 Å². The number of pyridine rings is 1. The lowest BCUT2D eigenvalue weighted by Gasteiger charge is -2.06. The van der Waals surface area contributed by atoms with E-state index in [-0.39, 0.29) is 5.91 Å². The summed E-state index contributed by atoms with van der Waals surface area (Å²) >= 11 is 11.7. The predicted molar refractivity (Wildman–Crippen MR) is 71.9 cm³/mol.